The molecule has 0 spiro atoms. The molecule has 1 atom stereocenters. The van der Waals surface area contributed by atoms with Gasteiger partial charge >= 0.3 is 5.97 Å². The normalized spacial score (nSPS) is 12.5. The minimum Gasteiger partial charge on any atom is -0.480 e. The second-order valence-electron chi connectivity index (χ2n) is 10.7. The van der Waals surface area contributed by atoms with Gasteiger partial charge in [0.15, 0.2) is 15.7 Å². The van der Waals surface area contributed by atoms with Gasteiger partial charge in [0.1, 0.15) is 6.04 Å². The largest absolute Gasteiger partial charge is 0.480 e. The van der Waals surface area contributed by atoms with Crippen molar-refractivity contribution in [3.05, 3.63) is 102 Å². The Balaban J connectivity index is 1.42. The fraction of sp³-hybridized carbons (Fsp3) is 0.226. The van der Waals surface area contributed by atoms with E-state index in [1.54, 1.807) is 24.5 Å². The highest BCUT2D eigenvalue weighted by Gasteiger charge is 2.22. The van der Waals surface area contributed by atoms with Crippen molar-refractivity contribution in [2.45, 2.75) is 43.5 Å². The van der Waals surface area contributed by atoms with Gasteiger partial charge in [-0.1, -0.05) is 69.3 Å². The topological polar surface area (TPSA) is 126 Å². The Labute approximate surface area is 234 Å². The summed E-state index contributed by atoms with van der Waals surface area (Å²) in [4.78, 5) is 33.5. The Bertz CT molecular complexity index is 1610. The summed E-state index contributed by atoms with van der Waals surface area (Å²) < 4.78 is 23.2. The van der Waals surface area contributed by atoms with Crippen LogP contribution in [0.25, 0.3) is 22.5 Å². The average Bonchev–Trinajstić information content (AvgIpc) is 2.92. The zero-order valence-electron chi connectivity index (χ0n) is 22.8. The first-order valence-corrected chi connectivity index (χ1v) is 14.6. The Morgan fingerprint density at radius 2 is 1.38 bits per heavy atom. The fourth-order valence-corrected chi connectivity index (χ4v) is 4.74. The van der Waals surface area contributed by atoms with Crippen molar-refractivity contribution in [3.63, 3.8) is 0 Å². The first-order valence-electron chi connectivity index (χ1n) is 12.7. The van der Waals surface area contributed by atoms with Gasteiger partial charge in [-0.15, -0.1) is 0 Å². The summed E-state index contributed by atoms with van der Waals surface area (Å²) in [7, 11) is -3.40. The van der Waals surface area contributed by atoms with E-state index in [2.05, 4.69) is 60.3 Å². The summed E-state index contributed by atoms with van der Waals surface area (Å²) >= 11 is 0. The molecular weight excluding hydrogens is 526 g/mol. The van der Waals surface area contributed by atoms with E-state index in [9.17, 15) is 23.1 Å². The van der Waals surface area contributed by atoms with Crippen LogP contribution >= 0.6 is 0 Å². The SMILES string of the molecule is CC(C)(C)c1ccc(-c2cnc(-c3ccc(CC(NC(=O)c4ccc(S(C)(=O)=O)cc4)C(=O)O)cc3)nc2)cc1. The molecule has 40 heavy (non-hydrogen) atoms. The van der Waals surface area contributed by atoms with Gasteiger partial charge in [-0.2, -0.15) is 0 Å². The van der Waals surface area contributed by atoms with Gasteiger partial charge in [-0.05, 0) is 46.4 Å². The van der Waals surface area contributed by atoms with Crippen LogP contribution in [0.5, 0.6) is 0 Å². The number of amides is 1. The number of nitrogens with zero attached hydrogens (tertiary/aromatic N) is 2. The number of rotatable bonds is 8. The Morgan fingerprint density at radius 3 is 1.88 bits per heavy atom. The maximum atomic E-state index is 12.6. The first kappa shape index (κ1) is 28.6. The molecule has 0 bridgehead atoms. The molecule has 0 saturated heterocycles. The molecule has 4 rings (SSSR count). The molecule has 9 heteroatoms. The molecule has 0 radical (unpaired) electrons. The lowest BCUT2D eigenvalue weighted by atomic mass is 9.86. The summed E-state index contributed by atoms with van der Waals surface area (Å²) in [5.41, 5.74) is 4.92. The van der Waals surface area contributed by atoms with E-state index in [1.165, 1.54) is 29.8 Å². The molecule has 2 N–H and O–H groups in total. The lowest BCUT2D eigenvalue weighted by Gasteiger charge is -2.19. The van der Waals surface area contributed by atoms with Crippen LogP contribution in [0.15, 0.2) is 90.1 Å². The summed E-state index contributed by atoms with van der Waals surface area (Å²) in [6.45, 7) is 6.52. The van der Waals surface area contributed by atoms with Gasteiger partial charge in [0.25, 0.3) is 5.91 Å². The highest BCUT2D eigenvalue weighted by molar-refractivity contribution is 7.90. The summed E-state index contributed by atoms with van der Waals surface area (Å²) in [5, 5.41) is 12.2. The number of benzene rings is 3. The zero-order chi connectivity index (χ0) is 29.1. The number of nitrogens with one attached hydrogen (secondary N) is 1. The molecule has 0 aliphatic carbocycles. The van der Waals surface area contributed by atoms with Gasteiger partial charge in [0, 0.05) is 41.8 Å². The van der Waals surface area contributed by atoms with Crippen LogP contribution in [-0.4, -0.2) is 47.7 Å². The van der Waals surface area contributed by atoms with Crippen LogP contribution in [0.2, 0.25) is 0 Å². The molecule has 1 unspecified atom stereocenters. The van der Waals surface area contributed by atoms with Crippen molar-refractivity contribution in [1.82, 2.24) is 15.3 Å². The molecule has 0 aliphatic rings. The molecule has 8 nitrogen and oxygen atoms in total. The molecule has 0 aliphatic heterocycles. The van der Waals surface area contributed by atoms with E-state index < -0.39 is 27.8 Å². The van der Waals surface area contributed by atoms with Gasteiger partial charge in [0.05, 0.1) is 4.90 Å². The van der Waals surface area contributed by atoms with E-state index in [0.29, 0.717) is 11.4 Å². The lowest BCUT2D eigenvalue weighted by molar-refractivity contribution is -0.139. The van der Waals surface area contributed by atoms with Crippen molar-refractivity contribution >= 4 is 21.7 Å². The summed E-state index contributed by atoms with van der Waals surface area (Å²) in [5.74, 6) is -1.24. The van der Waals surface area contributed by atoms with Crippen molar-refractivity contribution in [1.29, 1.82) is 0 Å². The maximum Gasteiger partial charge on any atom is 0.326 e. The molecule has 206 valence electrons. The molecule has 0 fully saturated rings. The second kappa shape index (κ2) is 11.4. The quantitative estimate of drug-likeness (QED) is 0.314. The number of hydrogen-bond donors (Lipinski definition) is 2. The third-order valence-electron chi connectivity index (χ3n) is 6.54. The summed E-state index contributed by atoms with van der Waals surface area (Å²) in [6, 6.07) is 19.7. The van der Waals surface area contributed by atoms with E-state index in [1.807, 2.05) is 12.1 Å². The number of carboxylic acids is 1. The molecule has 1 amide bonds. The number of hydrogen-bond acceptors (Lipinski definition) is 6. The third kappa shape index (κ3) is 6.98. The van der Waals surface area contributed by atoms with E-state index in [-0.39, 0.29) is 22.3 Å². The second-order valence-corrected chi connectivity index (χ2v) is 12.7. The zero-order valence-corrected chi connectivity index (χ0v) is 23.6. The van der Waals surface area contributed by atoms with E-state index in [4.69, 9.17) is 0 Å². The smallest absolute Gasteiger partial charge is 0.326 e. The van der Waals surface area contributed by atoms with Crippen molar-refractivity contribution in [3.8, 4) is 22.5 Å². The number of aliphatic carboxylic acids is 1. The maximum absolute atomic E-state index is 12.6. The minimum absolute atomic E-state index is 0.0626. The fourth-order valence-electron chi connectivity index (χ4n) is 4.11. The number of sulfone groups is 1. The number of carbonyl (C=O) groups excluding carboxylic acids is 1. The lowest BCUT2D eigenvalue weighted by Crippen LogP contribution is -2.42. The van der Waals surface area contributed by atoms with Gasteiger partial charge < -0.3 is 10.4 Å². The Morgan fingerprint density at radius 1 is 0.825 bits per heavy atom. The van der Waals surface area contributed by atoms with E-state index in [0.717, 1.165) is 22.9 Å². The molecular formula is C31H31N3O5S. The first-order chi connectivity index (χ1) is 18.8. The van der Waals surface area contributed by atoms with E-state index >= 15 is 0 Å². The van der Waals surface area contributed by atoms with Gasteiger partial charge in [0.2, 0.25) is 0 Å². The molecule has 1 heterocycles. The molecule has 0 saturated carbocycles. The highest BCUT2D eigenvalue weighted by Crippen LogP contribution is 2.26. The predicted molar refractivity (Wildman–Crippen MR) is 154 cm³/mol. The van der Waals surface area contributed by atoms with Crippen molar-refractivity contribution in [2.24, 2.45) is 0 Å². The highest BCUT2D eigenvalue weighted by atomic mass is 32.2. The average molecular weight is 558 g/mol. The molecule has 4 aromatic rings. The number of aromatic nitrogens is 2. The number of carboxylic acid groups (broad SMARTS) is 1. The summed E-state index contributed by atoms with van der Waals surface area (Å²) in [6.07, 6.45) is 4.69. The monoisotopic (exact) mass is 557 g/mol. The van der Waals surface area contributed by atoms with Gasteiger partial charge in [-0.25, -0.2) is 23.2 Å². The van der Waals surface area contributed by atoms with Crippen LogP contribution < -0.4 is 5.32 Å². The van der Waals surface area contributed by atoms with Gasteiger partial charge in [-0.3, -0.25) is 4.79 Å². The molecule has 1 aromatic heterocycles. The van der Waals surface area contributed by atoms with Crippen LogP contribution in [0.3, 0.4) is 0 Å². The van der Waals surface area contributed by atoms with Crippen LogP contribution in [0, 0.1) is 0 Å². The molecule has 3 aromatic carbocycles. The standard InChI is InChI=1S/C31H31N3O5S/c1-31(2,3)25-13-9-21(10-14-25)24-18-32-28(33-19-24)22-7-5-20(6-8-22)17-27(30(36)37)34-29(35)23-11-15-26(16-12-23)40(4,38)39/h5-16,18-19,27H,17H2,1-4H3,(H,34,35)(H,36,37). The minimum atomic E-state index is -3.40. The Hall–Kier alpha value is -4.37. The van der Waals surface area contributed by atoms with Crippen molar-refractivity contribution < 1.29 is 23.1 Å². The predicted octanol–water partition coefficient (Wildman–Crippen LogP) is 4.94. The van der Waals surface area contributed by atoms with Crippen LogP contribution in [-0.2, 0) is 26.5 Å². The van der Waals surface area contributed by atoms with Crippen molar-refractivity contribution in [2.75, 3.05) is 6.26 Å². The number of carbonyl (C=O) groups is 2. The van der Waals surface area contributed by atoms with Crippen LogP contribution in [0.1, 0.15) is 42.3 Å². The Kier molecular flexibility index (Phi) is 8.16. The third-order valence-corrected chi connectivity index (χ3v) is 7.66. The van der Waals surface area contributed by atoms with Crippen LogP contribution in [0.4, 0.5) is 0 Å².